The number of anilines is 2. The van der Waals surface area contributed by atoms with Gasteiger partial charge in [0.25, 0.3) is 5.56 Å². The predicted octanol–water partition coefficient (Wildman–Crippen LogP) is -0.274. The van der Waals surface area contributed by atoms with E-state index in [1.807, 2.05) is 0 Å². The lowest BCUT2D eigenvalue weighted by molar-refractivity contribution is -0.145. The van der Waals surface area contributed by atoms with Gasteiger partial charge in [-0.15, -0.1) is 29.5 Å². The molecule has 0 amide bonds. The summed E-state index contributed by atoms with van der Waals surface area (Å²) < 4.78 is 31.2. The number of hydrogen-bond donors (Lipinski definition) is 6. The molecule has 0 bridgehead atoms. The molecule has 4 aromatic rings. The van der Waals surface area contributed by atoms with E-state index in [2.05, 4.69) is 70.4 Å². The van der Waals surface area contributed by atoms with Gasteiger partial charge in [-0.05, 0) is 25.6 Å². The molecule has 0 radical (unpaired) electrons. The van der Waals surface area contributed by atoms with Crippen molar-refractivity contribution in [2.75, 3.05) is 30.9 Å². The van der Waals surface area contributed by atoms with Crippen LogP contribution < -0.4 is 17.0 Å². The van der Waals surface area contributed by atoms with Crippen LogP contribution >= 0.6 is 46.8 Å². The number of aliphatic hydroxyl groups excluding tert-OH is 1. The Morgan fingerprint density at radius 3 is 2.88 bits per heavy atom. The van der Waals surface area contributed by atoms with Gasteiger partial charge in [-0.25, -0.2) is 14.5 Å². The summed E-state index contributed by atoms with van der Waals surface area (Å²) in [7, 11) is 2.21. The topological polar surface area (TPSA) is 238 Å². The van der Waals surface area contributed by atoms with Gasteiger partial charge in [0.15, 0.2) is 28.9 Å². The van der Waals surface area contributed by atoms with E-state index in [0.29, 0.717) is 18.7 Å². The van der Waals surface area contributed by atoms with Gasteiger partial charge in [0, 0.05) is 15.4 Å². The van der Waals surface area contributed by atoms with Crippen LogP contribution in [0, 0.1) is 5.92 Å². The van der Waals surface area contributed by atoms with Crippen molar-refractivity contribution in [1.82, 2.24) is 44.5 Å². The number of imidazole rings is 1. The van der Waals surface area contributed by atoms with Crippen molar-refractivity contribution >= 4 is 75.3 Å². The number of aromatic amines is 1. The van der Waals surface area contributed by atoms with E-state index in [1.165, 1.54) is 6.33 Å². The Bertz CT molecular complexity index is 1580. The molecular formula is C20H28N11O7PS3. The molecule has 0 aromatic carbocycles. The number of nitrogens with one attached hydrogen (secondary N) is 1. The van der Waals surface area contributed by atoms with Crippen molar-refractivity contribution in [3.63, 3.8) is 0 Å². The van der Waals surface area contributed by atoms with Crippen molar-refractivity contribution in [3.8, 4) is 0 Å². The Hall–Kier alpha value is -2.33. The van der Waals surface area contributed by atoms with Crippen LogP contribution in [0.5, 0.6) is 0 Å². The second-order valence-electron chi connectivity index (χ2n) is 9.08. The number of nitrogens with two attached hydrogens (primary N) is 2. The van der Waals surface area contributed by atoms with Crippen LogP contribution in [0.4, 0.5) is 11.8 Å². The molecule has 42 heavy (non-hydrogen) atoms. The molecule has 0 saturated carbocycles. The maximum absolute atomic E-state index is 12.1. The van der Waals surface area contributed by atoms with Gasteiger partial charge in [-0.3, -0.25) is 14.0 Å². The zero-order valence-corrected chi connectivity index (χ0v) is 25.6. The number of fused-ring (bicyclic) bond motifs is 2. The van der Waals surface area contributed by atoms with Gasteiger partial charge < -0.3 is 35.3 Å². The summed E-state index contributed by atoms with van der Waals surface area (Å²) in [4.78, 5) is 26.8. The third kappa shape index (κ3) is 6.30. The molecule has 1 saturated heterocycles. The molecule has 22 heteroatoms. The van der Waals surface area contributed by atoms with Crippen LogP contribution in [-0.4, -0.2) is 92.4 Å². The largest absolute Gasteiger partial charge is 0.385 e. The predicted molar refractivity (Wildman–Crippen MR) is 159 cm³/mol. The molecule has 1 fully saturated rings. The summed E-state index contributed by atoms with van der Waals surface area (Å²) in [6, 6.07) is 0. The number of ether oxygens (including phenoxy) is 3. The lowest BCUT2D eigenvalue weighted by Crippen LogP contribution is -2.38. The van der Waals surface area contributed by atoms with Gasteiger partial charge in [0.05, 0.1) is 31.2 Å². The average molecular weight is 662 g/mol. The fourth-order valence-electron chi connectivity index (χ4n) is 4.56. The molecule has 5 rings (SSSR count). The number of thioether (sulfide) groups is 1. The number of hydrogen-bond acceptors (Lipinski definition) is 18. The lowest BCUT2D eigenvalue weighted by atomic mass is 10.00. The second-order valence-corrected chi connectivity index (χ2v) is 11.0. The maximum atomic E-state index is 12.1. The summed E-state index contributed by atoms with van der Waals surface area (Å²) in [5.41, 5.74) is 10.0. The highest BCUT2D eigenvalue weighted by atomic mass is 32.2. The molecule has 18 nitrogen and oxygen atoms in total. The molecule has 8 atom stereocenters. The van der Waals surface area contributed by atoms with Crippen molar-refractivity contribution in [2.45, 2.75) is 42.0 Å². The highest BCUT2D eigenvalue weighted by molar-refractivity contribution is 7.99. The molecule has 228 valence electrons. The molecule has 3 unspecified atom stereocenters. The van der Waals surface area contributed by atoms with Gasteiger partial charge in [-0.2, -0.15) is 14.8 Å². The minimum atomic E-state index is -1.38. The number of nitrogen functional groups attached to an aromatic ring is 2. The fraction of sp³-hybridized carbons (Fsp3) is 0.550. The number of aromatic nitrogens is 9. The monoisotopic (exact) mass is 661 g/mol. The average Bonchev–Trinajstić information content (AvgIpc) is 3.69. The number of nitrogens with zero attached hydrogens (tertiary/aromatic N) is 8. The van der Waals surface area contributed by atoms with Crippen LogP contribution in [0.15, 0.2) is 17.3 Å². The summed E-state index contributed by atoms with van der Waals surface area (Å²) in [6.45, 7) is 0.488. The molecule has 1 aliphatic heterocycles. The minimum Gasteiger partial charge on any atom is -0.385 e. The maximum Gasteiger partial charge on any atom is 0.282 e. The molecule has 5 heterocycles. The third-order valence-corrected chi connectivity index (χ3v) is 8.07. The number of thiol groups is 2. The van der Waals surface area contributed by atoms with Crippen LogP contribution in [0.3, 0.4) is 0 Å². The molecule has 1 aliphatic rings. The first-order valence-electron chi connectivity index (χ1n) is 12.2. The molecular weight excluding hydrogens is 633 g/mol. The van der Waals surface area contributed by atoms with Crippen molar-refractivity contribution < 1.29 is 28.0 Å². The Balaban J connectivity index is 1.24. The molecule has 0 spiro atoms. The molecule has 4 aromatic heterocycles. The van der Waals surface area contributed by atoms with Crippen LogP contribution in [-0.2, 0) is 22.9 Å². The highest BCUT2D eigenvalue weighted by Crippen LogP contribution is 2.38. The SMILES string of the molecule is CSC(OC(S)OC[C@H]1C[C@H](c2cnc3c(N)ncnn23)O[C@@H]1COP)[C@@H](O)[C@@H](OS)n1nnc2c(=O)[nH]c(N)nc21. The zero-order valence-electron chi connectivity index (χ0n) is 21.8. The fourth-order valence-corrected chi connectivity index (χ4v) is 5.89. The van der Waals surface area contributed by atoms with E-state index >= 15 is 0 Å². The summed E-state index contributed by atoms with van der Waals surface area (Å²) >= 11 is 9.45. The molecule has 6 N–H and O–H groups in total. The Morgan fingerprint density at radius 2 is 2.14 bits per heavy atom. The van der Waals surface area contributed by atoms with Crippen molar-refractivity contribution in [1.29, 1.82) is 0 Å². The van der Waals surface area contributed by atoms with E-state index in [4.69, 9.17) is 34.4 Å². The first-order chi connectivity index (χ1) is 20.2. The smallest absolute Gasteiger partial charge is 0.282 e. The number of rotatable bonds is 13. The first-order valence-corrected chi connectivity index (χ1v) is 14.9. The van der Waals surface area contributed by atoms with Crippen LogP contribution in [0.25, 0.3) is 16.8 Å². The Kier molecular flexibility index (Phi) is 10.0. The van der Waals surface area contributed by atoms with E-state index < -0.39 is 28.9 Å². The highest BCUT2D eigenvalue weighted by Gasteiger charge is 2.39. The van der Waals surface area contributed by atoms with E-state index in [9.17, 15) is 9.90 Å². The quantitative estimate of drug-likeness (QED) is 0.0468. The second kappa shape index (κ2) is 13.5. The third-order valence-electron chi connectivity index (χ3n) is 6.54. The number of aliphatic hydroxyl groups is 1. The van der Waals surface area contributed by atoms with Gasteiger partial charge in [0.1, 0.15) is 24.0 Å². The normalized spacial score (nSPS) is 22.1. The Labute approximate surface area is 254 Å². The Morgan fingerprint density at radius 1 is 1.33 bits per heavy atom. The standard InChI is InChI=1S/C20H28N11O7PS3/c1-42-18(12(32)17(38-41)31-14-11(28-29-31)16(33)27-19(22)26-14)37-20(40)34-4-7-2-9(36-10(7)5-35-39)8-3-23-15-13(21)24-6-25-30(8)15/h3,6-7,9-10,12,17-18,20,32,40-41H,2,4-5,39H2,1H3,(H2,21,24,25)(H3,22,26,27,33)/t7-,9-,10-,12+,17-,18?,20?/m1/s1. The zero-order chi connectivity index (χ0) is 30.0. The summed E-state index contributed by atoms with van der Waals surface area (Å²) in [5, 5.41) is 23.0. The summed E-state index contributed by atoms with van der Waals surface area (Å²) in [5.74, 6) is -0.00991. The first kappa shape index (κ1) is 31.1. The van der Waals surface area contributed by atoms with Gasteiger partial charge in [0.2, 0.25) is 11.6 Å². The van der Waals surface area contributed by atoms with E-state index in [0.717, 1.165) is 22.1 Å². The van der Waals surface area contributed by atoms with Crippen LogP contribution in [0.2, 0.25) is 0 Å². The minimum absolute atomic E-state index is 0.00822. The van der Waals surface area contributed by atoms with Crippen molar-refractivity contribution in [3.05, 3.63) is 28.6 Å². The number of H-pyrrole nitrogens is 1. The van der Waals surface area contributed by atoms with Crippen molar-refractivity contribution in [2.24, 2.45) is 5.92 Å². The van der Waals surface area contributed by atoms with Gasteiger partial charge >= 0.3 is 0 Å². The van der Waals surface area contributed by atoms with Crippen LogP contribution in [0.1, 0.15) is 24.4 Å². The van der Waals surface area contributed by atoms with Gasteiger partial charge in [-0.1, -0.05) is 5.21 Å². The van der Waals surface area contributed by atoms with E-state index in [1.54, 1.807) is 17.0 Å². The molecule has 0 aliphatic carbocycles. The summed E-state index contributed by atoms with van der Waals surface area (Å²) in [6.07, 6.45) is 1.96. The van der Waals surface area contributed by atoms with E-state index in [-0.39, 0.29) is 47.7 Å². The lowest BCUT2D eigenvalue weighted by Gasteiger charge is -2.29.